The van der Waals surface area contributed by atoms with Gasteiger partial charge in [0.05, 0.1) is 5.75 Å². The van der Waals surface area contributed by atoms with Gasteiger partial charge < -0.3 is 0 Å². The highest BCUT2D eigenvalue weighted by atomic mass is 32.2. The molecule has 6 nitrogen and oxygen atoms in total. The van der Waals surface area contributed by atoms with Gasteiger partial charge in [-0.3, -0.25) is 4.55 Å². The molecular formula is C8H18O6S4. The molecule has 0 aliphatic heterocycles. The van der Waals surface area contributed by atoms with Crippen LogP contribution in [-0.2, 0) is 20.7 Å². The Balaban J connectivity index is 0. The Labute approximate surface area is 118 Å². The topological polar surface area (TPSA) is 106 Å². The van der Waals surface area contributed by atoms with Crippen molar-refractivity contribution in [3.8, 4) is 0 Å². The summed E-state index contributed by atoms with van der Waals surface area (Å²) in [5.74, 6) is 4.10. The lowest BCUT2D eigenvalue weighted by molar-refractivity contribution is 0.482. The molecule has 0 spiro atoms. The van der Waals surface area contributed by atoms with Gasteiger partial charge in [0, 0.05) is 11.5 Å². The monoisotopic (exact) mass is 338 g/mol. The van der Waals surface area contributed by atoms with E-state index in [9.17, 15) is 8.42 Å². The summed E-state index contributed by atoms with van der Waals surface area (Å²) >= 11 is 3.68. The molecule has 0 aromatic rings. The minimum Gasteiger partial charge on any atom is -0.286 e. The maximum Gasteiger partial charge on any atom is 0.425 e. The van der Waals surface area contributed by atoms with Crippen LogP contribution in [0.2, 0.25) is 0 Å². The van der Waals surface area contributed by atoms with Crippen molar-refractivity contribution in [3.63, 3.8) is 0 Å². The Bertz CT molecular complexity index is 366. The van der Waals surface area contributed by atoms with E-state index in [4.69, 9.17) is 17.2 Å². The molecule has 0 aliphatic rings. The second kappa shape index (κ2) is 13.7. The summed E-state index contributed by atoms with van der Waals surface area (Å²) in [7, 11) is -6.86. The van der Waals surface area contributed by atoms with Crippen LogP contribution in [0.3, 0.4) is 0 Å². The largest absolute Gasteiger partial charge is 0.425 e. The first-order valence-electron chi connectivity index (χ1n) is 5.17. The van der Waals surface area contributed by atoms with Gasteiger partial charge in [-0.1, -0.05) is 6.92 Å². The molecule has 110 valence electrons. The van der Waals surface area contributed by atoms with Gasteiger partial charge in [-0.25, -0.2) is 0 Å². The zero-order valence-corrected chi connectivity index (χ0v) is 13.3. The van der Waals surface area contributed by atoms with Crippen LogP contribution in [0.5, 0.6) is 0 Å². The van der Waals surface area contributed by atoms with E-state index < -0.39 is 20.7 Å². The number of thioether (sulfide) groups is 2. The van der Waals surface area contributed by atoms with E-state index in [1.165, 1.54) is 12.2 Å². The summed E-state index contributed by atoms with van der Waals surface area (Å²) in [6.07, 6.45) is 1.75. The van der Waals surface area contributed by atoms with Gasteiger partial charge in [-0.05, 0) is 24.3 Å². The molecule has 18 heavy (non-hydrogen) atoms. The first kappa shape index (κ1) is 20.5. The fourth-order valence-corrected chi connectivity index (χ4v) is 3.49. The first-order valence-corrected chi connectivity index (χ1v) is 10.1. The normalized spacial score (nSPS) is 10.6. The van der Waals surface area contributed by atoms with Crippen LogP contribution in [-0.4, -0.2) is 54.4 Å². The van der Waals surface area contributed by atoms with Crippen LogP contribution in [0.25, 0.3) is 0 Å². The van der Waals surface area contributed by atoms with E-state index in [-0.39, 0.29) is 5.75 Å². The molecule has 0 unspecified atom stereocenters. The average molecular weight is 338 g/mol. The summed E-state index contributed by atoms with van der Waals surface area (Å²) in [6, 6.07) is 0. The number of hydrogen-bond acceptors (Lipinski definition) is 7. The molecule has 0 saturated heterocycles. The molecule has 0 rings (SSSR count). The van der Waals surface area contributed by atoms with Gasteiger partial charge >= 0.3 is 10.6 Å². The molecule has 0 atom stereocenters. The van der Waals surface area contributed by atoms with Crippen LogP contribution in [0.4, 0.5) is 0 Å². The summed E-state index contributed by atoms with van der Waals surface area (Å²) in [5.41, 5.74) is 0. The highest BCUT2D eigenvalue weighted by molar-refractivity contribution is 8.02. The Kier molecular flexibility index (Phi) is 15.6. The van der Waals surface area contributed by atoms with E-state index in [0.29, 0.717) is 6.42 Å². The van der Waals surface area contributed by atoms with Crippen molar-refractivity contribution in [3.05, 3.63) is 0 Å². The number of rotatable bonds is 9. The Morgan fingerprint density at radius 2 is 1.44 bits per heavy atom. The Morgan fingerprint density at radius 3 is 1.83 bits per heavy atom. The number of hydrogen-bond donors (Lipinski definition) is 1. The molecule has 0 aliphatic carbocycles. The third kappa shape index (κ3) is 29.9. The maximum atomic E-state index is 10.3. The summed E-state index contributed by atoms with van der Waals surface area (Å²) < 4.78 is 54.5. The lowest BCUT2D eigenvalue weighted by atomic mass is 10.6. The third-order valence-corrected chi connectivity index (χ3v) is 4.73. The van der Waals surface area contributed by atoms with Crippen LogP contribution in [0.1, 0.15) is 19.8 Å². The van der Waals surface area contributed by atoms with E-state index >= 15 is 0 Å². The standard InChI is InChI=1S/C8H18O3S3.O3S/c1-2-4-12-6-7-13-5-3-8-14(9,10)11;1-4(2)3/h2-8H2,1H3,(H,9,10,11);. The fraction of sp³-hybridized carbons (Fsp3) is 1.00. The van der Waals surface area contributed by atoms with E-state index in [0.717, 1.165) is 17.3 Å². The molecule has 0 fully saturated rings. The van der Waals surface area contributed by atoms with Crippen molar-refractivity contribution in [1.82, 2.24) is 0 Å². The SMILES string of the molecule is CCCSCCSCCCS(=O)(=O)O.O=S(=O)=O. The lowest BCUT2D eigenvalue weighted by Gasteiger charge is -2.00. The first-order chi connectivity index (χ1) is 8.29. The summed E-state index contributed by atoms with van der Waals surface area (Å²) in [4.78, 5) is 0. The van der Waals surface area contributed by atoms with Crippen molar-refractivity contribution in [2.75, 3.05) is 28.8 Å². The average Bonchev–Trinajstić information content (AvgIpc) is 2.19. The second-order valence-electron chi connectivity index (χ2n) is 3.07. The van der Waals surface area contributed by atoms with Crippen LogP contribution in [0, 0.1) is 0 Å². The quantitative estimate of drug-likeness (QED) is 0.493. The highest BCUT2D eigenvalue weighted by Gasteiger charge is 2.02. The smallest absolute Gasteiger partial charge is 0.286 e. The predicted octanol–water partition coefficient (Wildman–Crippen LogP) is 1.14. The van der Waals surface area contributed by atoms with Gasteiger partial charge in [-0.15, -0.1) is 12.6 Å². The summed E-state index contributed by atoms with van der Waals surface area (Å²) in [6.45, 7) is 2.16. The molecule has 10 heteroatoms. The van der Waals surface area contributed by atoms with Crippen LogP contribution < -0.4 is 0 Å². The maximum absolute atomic E-state index is 10.3. The zero-order valence-electron chi connectivity index (χ0n) is 10.1. The fourth-order valence-electron chi connectivity index (χ4n) is 0.810. The molecule has 0 heterocycles. The Morgan fingerprint density at radius 1 is 1.00 bits per heavy atom. The molecule has 0 bridgehead atoms. The van der Waals surface area contributed by atoms with Gasteiger partial charge in [0.1, 0.15) is 0 Å². The van der Waals surface area contributed by atoms with Gasteiger partial charge in [0.2, 0.25) is 0 Å². The van der Waals surface area contributed by atoms with Gasteiger partial charge in [-0.2, -0.15) is 31.9 Å². The summed E-state index contributed by atoms with van der Waals surface area (Å²) in [5, 5.41) is 0. The minimum atomic E-state index is -3.74. The zero-order chi connectivity index (χ0) is 14.4. The van der Waals surface area contributed by atoms with Crippen molar-refractivity contribution in [1.29, 1.82) is 0 Å². The molecule has 1 N–H and O–H groups in total. The molecule has 0 aromatic carbocycles. The van der Waals surface area contributed by atoms with Crippen molar-refractivity contribution >= 4 is 44.3 Å². The van der Waals surface area contributed by atoms with Crippen LogP contribution in [0.15, 0.2) is 0 Å². The van der Waals surface area contributed by atoms with Gasteiger partial charge in [0.15, 0.2) is 0 Å². The second-order valence-corrected chi connectivity index (χ2v) is 7.50. The third-order valence-electron chi connectivity index (χ3n) is 1.41. The highest BCUT2D eigenvalue weighted by Crippen LogP contribution is 2.09. The van der Waals surface area contributed by atoms with Crippen molar-refractivity contribution in [2.45, 2.75) is 19.8 Å². The molecule has 0 aromatic heterocycles. The van der Waals surface area contributed by atoms with E-state index in [1.54, 1.807) is 11.8 Å². The van der Waals surface area contributed by atoms with Crippen LogP contribution >= 0.6 is 23.5 Å². The van der Waals surface area contributed by atoms with Crippen molar-refractivity contribution in [2.24, 2.45) is 0 Å². The molecular weight excluding hydrogens is 320 g/mol. The lowest BCUT2D eigenvalue weighted by Crippen LogP contribution is -2.04. The van der Waals surface area contributed by atoms with E-state index in [2.05, 4.69) is 6.92 Å². The van der Waals surface area contributed by atoms with Gasteiger partial charge in [0.25, 0.3) is 10.1 Å². The molecule has 0 saturated carbocycles. The molecule has 0 radical (unpaired) electrons. The predicted molar refractivity (Wildman–Crippen MR) is 75.7 cm³/mol. The minimum absolute atomic E-state index is 0.109. The molecule has 0 amide bonds. The van der Waals surface area contributed by atoms with E-state index in [1.807, 2.05) is 11.8 Å². The van der Waals surface area contributed by atoms with Crippen molar-refractivity contribution < 1.29 is 25.6 Å². The Hall–Kier alpha value is 0.230.